The number of hydroxylamine groups is 2. The summed E-state index contributed by atoms with van der Waals surface area (Å²) in [5.41, 5.74) is 6.57. The summed E-state index contributed by atoms with van der Waals surface area (Å²) in [4.78, 5) is 28.9. The van der Waals surface area contributed by atoms with E-state index in [1.54, 1.807) is 24.3 Å². The third-order valence-corrected chi connectivity index (χ3v) is 3.47. The van der Waals surface area contributed by atoms with Crippen LogP contribution in [-0.2, 0) is 9.63 Å². The molecule has 6 nitrogen and oxygen atoms in total. The smallest absolute Gasteiger partial charge is 0.284 e. The predicted molar refractivity (Wildman–Crippen MR) is 98.4 cm³/mol. The molecule has 1 aromatic rings. The molecule has 0 aliphatic rings. The predicted octanol–water partition coefficient (Wildman–Crippen LogP) is 3.23. The minimum atomic E-state index is -0.426. The van der Waals surface area contributed by atoms with Crippen molar-refractivity contribution in [3.63, 3.8) is 0 Å². The molecule has 1 aromatic carbocycles. The molecule has 0 unspecified atom stereocenters. The van der Waals surface area contributed by atoms with Gasteiger partial charge in [0.1, 0.15) is 0 Å². The molecule has 0 bridgehead atoms. The zero-order valence-corrected chi connectivity index (χ0v) is 15.0. The van der Waals surface area contributed by atoms with Gasteiger partial charge in [-0.3, -0.25) is 14.4 Å². The van der Waals surface area contributed by atoms with Gasteiger partial charge in [0, 0.05) is 18.2 Å². The minimum Gasteiger partial charge on any atom is -0.374 e. The van der Waals surface area contributed by atoms with Crippen molar-refractivity contribution < 1.29 is 14.4 Å². The van der Waals surface area contributed by atoms with E-state index in [1.807, 2.05) is 0 Å². The summed E-state index contributed by atoms with van der Waals surface area (Å²) in [7, 11) is 0. The summed E-state index contributed by atoms with van der Waals surface area (Å²) in [6.07, 6.45) is 5.39. The van der Waals surface area contributed by atoms with Gasteiger partial charge in [-0.2, -0.15) is 5.06 Å². The van der Waals surface area contributed by atoms with Crippen LogP contribution in [0.25, 0.3) is 0 Å². The molecule has 0 atom stereocenters. The third kappa shape index (κ3) is 7.06. The van der Waals surface area contributed by atoms with Crippen molar-refractivity contribution in [1.29, 1.82) is 0 Å². The summed E-state index contributed by atoms with van der Waals surface area (Å²) in [5, 5.41) is 3.46. The van der Waals surface area contributed by atoms with Gasteiger partial charge in [0.15, 0.2) is 5.11 Å². The average molecular weight is 351 g/mol. The Hall–Kier alpha value is -1.99. The van der Waals surface area contributed by atoms with Crippen LogP contribution >= 0.6 is 12.2 Å². The molecule has 7 heteroatoms. The first-order valence-electron chi connectivity index (χ1n) is 8.10. The molecule has 2 amide bonds. The van der Waals surface area contributed by atoms with Crippen LogP contribution in [0.2, 0.25) is 0 Å². The maximum atomic E-state index is 12.4. The largest absolute Gasteiger partial charge is 0.374 e. The maximum absolute atomic E-state index is 12.4. The van der Waals surface area contributed by atoms with Gasteiger partial charge in [-0.05, 0) is 42.9 Å². The summed E-state index contributed by atoms with van der Waals surface area (Å²) in [6, 6.07) is 6.45. The fourth-order valence-electron chi connectivity index (χ4n) is 2.10. The van der Waals surface area contributed by atoms with Crippen molar-refractivity contribution in [2.24, 2.45) is 5.73 Å². The van der Waals surface area contributed by atoms with Crippen LogP contribution in [0.3, 0.4) is 0 Å². The van der Waals surface area contributed by atoms with E-state index in [0.29, 0.717) is 17.9 Å². The Bertz CT molecular complexity index is 561. The monoisotopic (exact) mass is 351 g/mol. The number of nitrogens with zero attached hydrogens (tertiary/aromatic N) is 1. The van der Waals surface area contributed by atoms with E-state index < -0.39 is 5.91 Å². The molecule has 3 N–H and O–H groups in total. The number of benzene rings is 1. The minimum absolute atomic E-state index is 0.125. The van der Waals surface area contributed by atoms with Crippen molar-refractivity contribution in [2.75, 3.05) is 11.9 Å². The van der Waals surface area contributed by atoms with Crippen molar-refractivity contribution in [3.8, 4) is 0 Å². The Morgan fingerprint density at radius 2 is 1.79 bits per heavy atom. The summed E-state index contributed by atoms with van der Waals surface area (Å²) in [5.74, 6) is -0.601. The highest BCUT2D eigenvalue weighted by Crippen LogP contribution is 2.12. The highest BCUT2D eigenvalue weighted by Gasteiger charge is 2.19. The number of amides is 2. The van der Waals surface area contributed by atoms with Crippen molar-refractivity contribution in [3.05, 3.63) is 29.8 Å². The topological polar surface area (TPSA) is 84.7 Å². The summed E-state index contributed by atoms with van der Waals surface area (Å²) >= 11 is 4.90. The van der Waals surface area contributed by atoms with E-state index in [2.05, 4.69) is 12.2 Å². The van der Waals surface area contributed by atoms with Gasteiger partial charge in [0.25, 0.3) is 5.91 Å². The first-order valence-corrected chi connectivity index (χ1v) is 8.51. The SMILES string of the molecule is CCCCCCCON(C(=O)c1ccc(NC(C)=O)cc1)C(N)=S. The van der Waals surface area contributed by atoms with Crippen LogP contribution in [0.1, 0.15) is 56.3 Å². The molecular weight excluding hydrogens is 326 g/mol. The van der Waals surface area contributed by atoms with Crippen molar-refractivity contribution in [2.45, 2.75) is 46.0 Å². The van der Waals surface area contributed by atoms with Gasteiger partial charge < -0.3 is 11.1 Å². The Labute approximate surface area is 148 Å². The second-order valence-corrected chi connectivity index (χ2v) is 5.86. The normalized spacial score (nSPS) is 10.2. The fraction of sp³-hybridized carbons (Fsp3) is 0.471. The molecule has 0 aromatic heterocycles. The number of thiocarbonyl (C=S) groups is 1. The molecule has 0 heterocycles. The van der Waals surface area contributed by atoms with Crippen LogP contribution < -0.4 is 11.1 Å². The average Bonchev–Trinajstić information content (AvgIpc) is 2.53. The molecule has 0 saturated carbocycles. The number of carbonyl (C=O) groups is 2. The number of rotatable bonds is 9. The number of anilines is 1. The number of carbonyl (C=O) groups excluding carboxylic acids is 2. The Morgan fingerprint density at radius 3 is 2.33 bits per heavy atom. The van der Waals surface area contributed by atoms with Crippen molar-refractivity contribution >= 4 is 34.8 Å². The zero-order chi connectivity index (χ0) is 17.9. The quantitative estimate of drug-likeness (QED) is 0.405. The zero-order valence-electron chi connectivity index (χ0n) is 14.2. The van der Waals surface area contributed by atoms with Gasteiger partial charge in [-0.1, -0.05) is 32.6 Å². The van der Waals surface area contributed by atoms with E-state index in [4.69, 9.17) is 22.8 Å². The number of hydrogen-bond acceptors (Lipinski definition) is 4. The second-order valence-electron chi connectivity index (χ2n) is 5.44. The fourth-order valence-corrected chi connectivity index (χ4v) is 2.24. The van der Waals surface area contributed by atoms with Crippen LogP contribution in [0, 0.1) is 0 Å². The molecule has 0 radical (unpaired) electrons. The molecule has 24 heavy (non-hydrogen) atoms. The van der Waals surface area contributed by atoms with Gasteiger partial charge in [0.05, 0.1) is 6.61 Å². The Balaban J connectivity index is 2.59. The molecule has 0 fully saturated rings. The van der Waals surface area contributed by atoms with E-state index in [-0.39, 0.29) is 11.0 Å². The van der Waals surface area contributed by atoms with E-state index >= 15 is 0 Å². The highest BCUT2D eigenvalue weighted by molar-refractivity contribution is 7.80. The first kappa shape index (κ1) is 20.1. The van der Waals surface area contributed by atoms with Crippen LogP contribution in [0.15, 0.2) is 24.3 Å². The van der Waals surface area contributed by atoms with E-state index in [9.17, 15) is 9.59 Å². The van der Waals surface area contributed by atoms with Gasteiger partial charge in [-0.15, -0.1) is 0 Å². The van der Waals surface area contributed by atoms with Gasteiger partial charge >= 0.3 is 0 Å². The van der Waals surface area contributed by atoms with E-state index in [1.165, 1.54) is 19.8 Å². The maximum Gasteiger partial charge on any atom is 0.284 e. The lowest BCUT2D eigenvalue weighted by atomic mass is 10.2. The molecule has 132 valence electrons. The Morgan fingerprint density at radius 1 is 1.17 bits per heavy atom. The summed E-state index contributed by atoms with van der Waals surface area (Å²) < 4.78 is 0. The molecular formula is C17H25N3O3S. The van der Waals surface area contributed by atoms with Crippen LogP contribution in [-0.4, -0.2) is 28.6 Å². The number of nitrogens with one attached hydrogen (secondary N) is 1. The number of hydrogen-bond donors (Lipinski definition) is 2. The lowest BCUT2D eigenvalue weighted by Gasteiger charge is -2.20. The molecule has 0 saturated heterocycles. The van der Waals surface area contributed by atoms with Crippen molar-refractivity contribution in [1.82, 2.24) is 5.06 Å². The number of unbranched alkanes of at least 4 members (excludes halogenated alkanes) is 4. The first-order chi connectivity index (χ1) is 11.5. The molecule has 0 aliphatic heterocycles. The lowest BCUT2D eigenvalue weighted by molar-refractivity contribution is -0.114. The highest BCUT2D eigenvalue weighted by atomic mass is 32.1. The molecule has 0 spiro atoms. The third-order valence-electron chi connectivity index (χ3n) is 3.31. The van der Waals surface area contributed by atoms with E-state index in [0.717, 1.165) is 24.3 Å². The molecule has 1 rings (SSSR count). The number of nitrogens with two attached hydrogens (primary N) is 1. The second kappa shape index (κ2) is 10.7. The summed E-state index contributed by atoms with van der Waals surface area (Å²) in [6.45, 7) is 3.96. The van der Waals surface area contributed by atoms with Crippen LogP contribution in [0.4, 0.5) is 5.69 Å². The standard InChI is InChI=1S/C17H25N3O3S/c1-3-4-5-6-7-12-23-20(17(18)24)16(22)14-8-10-15(11-9-14)19-13(2)21/h8-11H,3-7,12H2,1-2H3,(H2,18,24)(H,19,21). The van der Waals surface area contributed by atoms with Crippen LogP contribution in [0.5, 0.6) is 0 Å². The lowest BCUT2D eigenvalue weighted by Crippen LogP contribution is -2.40. The Kier molecular flexibility index (Phi) is 8.96. The molecule has 0 aliphatic carbocycles. The van der Waals surface area contributed by atoms with Gasteiger partial charge in [0.2, 0.25) is 5.91 Å². The van der Waals surface area contributed by atoms with Gasteiger partial charge in [-0.25, -0.2) is 0 Å².